The maximum Gasteiger partial charge on any atom is 0.264 e. The molecule has 8 nitrogen and oxygen atoms in total. The predicted octanol–water partition coefficient (Wildman–Crippen LogP) is 3.35. The largest absolute Gasteiger partial charge is 0.495 e. The molecule has 3 aromatic rings. The summed E-state index contributed by atoms with van der Waals surface area (Å²) >= 11 is 0. The Balaban J connectivity index is 1.49. The summed E-state index contributed by atoms with van der Waals surface area (Å²) in [4.78, 5) is 15.5. The molecule has 1 amide bonds. The van der Waals surface area contributed by atoms with Gasteiger partial charge < -0.3 is 14.8 Å². The van der Waals surface area contributed by atoms with Gasteiger partial charge in [-0.1, -0.05) is 54.1 Å². The van der Waals surface area contributed by atoms with Gasteiger partial charge in [0.2, 0.25) is 5.91 Å². The van der Waals surface area contributed by atoms with E-state index in [4.69, 9.17) is 9.47 Å². The number of hydrogen-bond donors (Lipinski definition) is 1. The van der Waals surface area contributed by atoms with Gasteiger partial charge in [-0.25, -0.2) is 8.42 Å². The number of para-hydroxylation sites is 2. The van der Waals surface area contributed by atoms with E-state index in [1.54, 1.807) is 48.5 Å². The Kier molecular flexibility index (Phi) is 8.81. The number of methoxy groups -OCH3 is 1. The standard InChI is InChI=1S/C28H33N3O5S/c1-22-10-12-25(13-11-22)37(33,34)31(26-8-3-4-9-27(26)35-2)21-28(32)29-19-23-6-5-7-24(18-23)20-30-14-16-36-17-15-30/h3-13,18H,14-17,19-21H2,1-2H3,(H,29,32). The number of aryl methyl sites for hydroxylation is 1. The molecule has 0 aliphatic carbocycles. The van der Waals surface area contributed by atoms with E-state index in [2.05, 4.69) is 22.3 Å². The highest BCUT2D eigenvalue weighted by Gasteiger charge is 2.29. The summed E-state index contributed by atoms with van der Waals surface area (Å²) in [6, 6.07) is 21.4. The molecule has 9 heteroatoms. The minimum Gasteiger partial charge on any atom is -0.495 e. The average Bonchev–Trinajstić information content (AvgIpc) is 2.91. The smallest absolute Gasteiger partial charge is 0.264 e. The number of carbonyl (C=O) groups is 1. The van der Waals surface area contributed by atoms with Crippen molar-refractivity contribution in [1.29, 1.82) is 0 Å². The first kappa shape index (κ1) is 26.7. The summed E-state index contributed by atoms with van der Waals surface area (Å²) in [5.41, 5.74) is 3.35. The van der Waals surface area contributed by atoms with Gasteiger partial charge in [-0.2, -0.15) is 0 Å². The molecule has 1 N–H and O–H groups in total. The first-order valence-corrected chi connectivity index (χ1v) is 13.7. The molecule has 196 valence electrons. The summed E-state index contributed by atoms with van der Waals surface area (Å²) in [6.45, 7) is 5.89. The summed E-state index contributed by atoms with van der Waals surface area (Å²) in [6.07, 6.45) is 0. The average molecular weight is 524 g/mol. The van der Waals surface area contributed by atoms with Crippen LogP contribution in [0, 0.1) is 6.92 Å². The van der Waals surface area contributed by atoms with Crippen molar-refractivity contribution in [2.75, 3.05) is 44.3 Å². The third-order valence-electron chi connectivity index (χ3n) is 6.24. The number of sulfonamides is 1. The van der Waals surface area contributed by atoms with E-state index in [1.807, 2.05) is 19.1 Å². The second-order valence-corrected chi connectivity index (χ2v) is 10.8. The number of amides is 1. The SMILES string of the molecule is COc1ccccc1N(CC(=O)NCc1cccc(CN2CCOCC2)c1)S(=O)(=O)c1ccc(C)cc1. The molecule has 0 unspecified atom stereocenters. The van der Waals surface area contributed by atoms with E-state index >= 15 is 0 Å². The van der Waals surface area contributed by atoms with Gasteiger partial charge in [0.25, 0.3) is 10.0 Å². The highest BCUT2D eigenvalue weighted by molar-refractivity contribution is 7.92. The second kappa shape index (κ2) is 12.2. The van der Waals surface area contributed by atoms with Crippen LogP contribution < -0.4 is 14.4 Å². The molecule has 4 rings (SSSR count). The van der Waals surface area contributed by atoms with Gasteiger partial charge in [-0.15, -0.1) is 0 Å². The third kappa shape index (κ3) is 6.88. The van der Waals surface area contributed by atoms with Crippen molar-refractivity contribution in [2.45, 2.75) is 24.9 Å². The fourth-order valence-electron chi connectivity index (χ4n) is 4.22. The number of anilines is 1. The van der Waals surface area contributed by atoms with Crippen LogP contribution in [0.5, 0.6) is 5.75 Å². The number of nitrogens with one attached hydrogen (secondary N) is 1. The van der Waals surface area contributed by atoms with Crippen LogP contribution in [0.25, 0.3) is 0 Å². The van der Waals surface area contributed by atoms with Crippen LogP contribution in [0.15, 0.2) is 77.7 Å². The maximum atomic E-state index is 13.6. The molecule has 0 saturated carbocycles. The zero-order chi connectivity index (χ0) is 26.3. The number of carbonyl (C=O) groups excluding carboxylic acids is 1. The Labute approximate surface area is 218 Å². The lowest BCUT2D eigenvalue weighted by Crippen LogP contribution is -2.40. The zero-order valence-electron chi connectivity index (χ0n) is 21.2. The Morgan fingerprint density at radius 3 is 2.43 bits per heavy atom. The predicted molar refractivity (Wildman–Crippen MR) is 143 cm³/mol. The second-order valence-electron chi connectivity index (χ2n) is 8.98. The number of ether oxygens (including phenoxy) is 2. The molecule has 0 aromatic heterocycles. The molecule has 1 aliphatic heterocycles. The van der Waals surface area contributed by atoms with Gasteiger partial charge in [0.05, 0.1) is 30.9 Å². The molecule has 1 saturated heterocycles. The van der Waals surface area contributed by atoms with Crippen LogP contribution in [0.1, 0.15) is 16.7 Å². The summed E-state index contributed by atoms with van der Waals surface area (Å²) in [5, 5.41) is 2.88. The molecule has 0 bridgehead atoms. The van der Waals surface area contributed by atoms with E-state index < -0.39 is 15.9 Å². The summed E-state index contributed by atoms with van der Waals surface area (Å²) < 4.78 is 39.2. The quantitative estimate of drug-likeness (QED) is 0.439. The minimum absolute atomic E-state index is 0.104. The lowest BCUT2D eigenvalue weighted by Gasteiger charge is -2.26. The molecule has 37 heavy (non-hydrogen) atoms. The Morgan fingerprint density at radius 2 is 1.70 bits per heavy atom. The van der Waals surface area contributed by atoms with Crippen LogP contribution in [0.3, 0.4) is 0 Å². The Morgan fingerprint density at radius 1 is 1.00 bits per heavy atom. The van der Waals surface area contributed by atoms with E-state index in [9.17, 15) is 13.2 Å². The fraction of sp³-hybridized carbons (Fsp3) is 0.321. The number of morpholine rings is 1. The number of rotatable bonds is 10. The molecule has 1 aliphatic rings. The van der Waals surface area contributed by atoms with Crippen molar-refractivity contribution >= 4 is 21.6 Å². The number of nitrogens with zero attached hydrogens (tertiary/aromatic N) is 2. The Bertz CT molecular complexity index is 1310. The van der Waals surface area contributed by atoms with Crippen LogP contribution >= 0.6 is 0 Å². The van der Waals surface area contributed by atoms with Crippen molar-refractivity contribution in [2.24, 2.45) is 0 Å². The number of hydrogen-bond acceptors (Lipinski definition) is 6. The zero-order valence-corrected chi connectivity index (χ0v) is 22.0. The normalized spacial score (nSPS) is 14.2. The van der Waals surface area contributed by atoms with E-state index in [-0.39, 0.29) is 11.4 Å². The monoisotopic (exact) mass is 523 g/mol. The molecule has 1 heterocycles. The van der Waals surface area contributed by atoms with E-state index in [1.165, 1.54) is 7.11 Å². The van der Waals surface area contributed by atoms with Gasteiger partial charge in [-0.3, -0.25) is 14.0 Å². The molecule has 0 spiro atoms. The highest BCUT2D eigenvalue weighted by atomic mass is 32.2. The molecule has 0 radical (unpaired) electrons. The molecule has 0 atom stereocenters. The van der Waals surface area contributed by atoms with Crippen LogP contribution in [0.2, 0.25) is 0 Å². The lowest BCUT2D eigenvalue weighted by atomic mass is 10.1. The maximum absolute atomic E-state index is 13.6. The van der Waals surface area contributed by atoms with Gasteiger partial charge >= 0.3 is 0 Å². The van der Waals surface area contributed by atoms with E-state index in [0.717, 1.165) is 53.8 Å². The summed E-state index contributed by atoms with van der Waals surface area (Å²) in [7, 11) is -2.56. The molecular weight excluding hydrogens is 490 g/mol. The summed E-state index contributed by atoms with van der Waals surface area (Å²) in [5.74, 6) is -0.0537. The van der Waals surface area contributed by atoms with Gasteiger partial charge in [0.1, 0.15) is 12.3 Å². The topological polar surface area (TPSA) is 88.2 Å². The van der Waals surface area contributed by atoms with E-state index in [0.29, 0.717) is 18.0 Å². The first-order chi connectivity index (χ1) is 17.9. The van der Waals surface area contributed by atoms with Gasteiger partial charge in [0.15, 0.2) is 0 Å². The van der Waals surface area contributed by atoms with Crippen LogP contribution in [-0.4, -0.2) is 59.2 Å². The van der Waals surface area contributed by atoms with Crippen molar-refractivity contribution in [1.82, 2.24) is 10.2 Å². The van der Waals surface area contributed by atoms with Crippen LogP contribution in [-0.2, 0) is 32.6 Å². The fourth-order valence-corrected chi connectivity index (χ4v) is 5.65. The minimum atomic E-state index is -4.03. The molecule has 3 aromatic carbocycles. The van der Waals surface area contributed by atoms with Crippen LogP contribution in [0.4, 0.5) is 5.69 Å². The third-order valence-corrected chi connectivity index (χ3v) is 8.01. The van der Waals surface area contributed by atoms with Gasteiger partial charge in [0, 0.05) is 26.2 Å². The lowest BCUT2D eigenvalue weighted by molar-refractivity contribution is -0.119. The first-order valence-electron chi connectivity index (χ1n) is 12.2. The van der Waals surface area contributed by atoms with Crippen molar-refractivity contribution in [3.63, 3.8) is 0 Å². The van der Waals surface area contributed by atoms with Crippen molar-refractivity contribution in [3.8, 4) is 5.75 Å². The molecule has 1 fully saturated rings. The highest BCUT2D eigenvalue weighted by Crippen LogP contribution is 2.32. The van der Waals surface area contributed by atoms with Gasteiger partial charge in [-0.05, 0) is 42.3 Å². The number of benzene rings is 3. The Hall–Kier alpha value is -3.40. The molecular formula is C28H33N3O5S. The van der Waals surface area contributed by atoms with Crippen molar-refractivity contribution < 1.29 is 22.7 Å². The van der Waals surface area contributed by atoms with Crippen molar-refractivity contribution in [3.05, 3.63) is 89.5 Å².